The Bertz CT molecular complexity index is 616. The van der Waals surface area contributed by atoms with Crippen LogP contribution in [0.4, 0.5) is 0 Å². The monoisotopic (exact) mass is 347 g/mol. The van der Waals surface area contributed by atoms with E-state index in [1.165, 1.54) is 12.5 Å². The molecule has 2 aromatic heterocycles. The molecule has 22 heavy (non-hydrogen) atoms. The fourth-order valence-electron chi connectivity index (χ4n) is 1.38. The van der Waals surface area contributed by atoms with Gasteiger partial charge in [0.1, 0.15) is 0 Å². The van der Waals surface area contributed by atoms with Gasteiger partial charge in [-0.2, -0.15) is 0 Å². The fourth-order valence-corrected chi connectivity index (χ4v) is 1.38. The normalized spacial score (nSPS) is 8.82. The van der Waals surface area contributed by atoms with Gasteiger partial charge in [0, 0.05) is 25.0 Å². The van der Waals surface area contributed by atoms with Gasteiger partial charge >= 0.3 is 18.6 Å². The molecule has 0 atom stereocenters. The first-order valence-electron chi connectivity index (χ1n) is 6.06. The Labute approximate surface area is 138 Å². The van der Waals surface area contributed by atoms with E-state index in [1.54, 1.807) is 13.8 Å². The summed E-state index contributed by atoms with van der Waals surface area (Å²) < 4.78 is 9.55. The molecule has 0 unspecified atom stereocenters. The maximum atomic E-state index is 10.8. The van der Waals surface area contributed by atoms with Crippen LogP contribution in [0, 0.1) is 0 Å². The van der Waals surface area contributed by atoms with Gasteiger partial charge in [0.15, 0.2) is 10.9 Å². The quantitative estimate of drug-likeness (QED) is 0.732. The van der Waals surface area contributed by atoms with Crippen LogP contribution in [-0.2, 0) is 31.4 Å². The zero-order valence-electron chi connectivity index (χ0n) is 12.1. The van der Waals surface area contributed by atoms with Gasteiger partial charge in [-0.3, -0.25) is 9.59 Å². The minimum atomic E-state index is -0.523. The zero-order valence-corrected chi connectivity index (χ0v) is 13.5. The van der Waals surface area contributed by atoms with E-state index in [2.05, 4.69) is 0 Å². The van der Waals surface area contributed by atoms with Crippen LogP contribution in [0.5, 0.6) is 11.5 Å². The molecule has 2 heterocycles. The summed E-state index contributed by atoms with van der Waals surface area (Å²) in [5.41, 5.74) is -0.994. The van der Waals surface area contributed by atoms with Gasteiger partial charge < -0.3 is 24.5 Å². The third-order valence-corrected chi connectivity index (χ3v) is 2.46. The second-order valence-electron chi connectivity index (χ2n) is 3.78. The molecule has 2 N–H and O–H groups in total. The molecule has 0 saturated carbocycles. The maximum absolute atomic E-state index is 10.8. The second-order valence-corrected chi connectivity index (χ2v) is 3.78. The summed E-state index contributed by atoms with van der Waals surface area (Å²) in [7, 11) is 0. The Morgan fingerprint density at radius 3 is 1.41 bits per heavy atom. The van der Waals surface area contributed by atoms with E-state index in [4.69, 9.17) is 8.83 Å². The van der Waals surface area contributed by atoms with E-state index in [-0.39, 0.29) is 35.6 Å². The van der Waals surface area contributed by atoms with Crippen LogP contribution in [0.25, 0.3) is 0 Å². The molecular formula is C14H16O7V. The van der Waals surface area contributed by atoms with Crippen LogP contribution in [0.2, 0.25) is 0 Å². The molecular weight excluding hydrogens is 331 g/mol. The second kappa shape index (κ2) is 10.7. The van der Waals surface area contributed by atoms with Gasteiger partial charge in [-0.15, -0.1) is 0 Å². The molecule has 0 fully saturated rings. The third kappa shape index (κ3) is 5.81. The van der Waals surface area contributed by atoms with E-state index in [1.807, 2.05) is 0 Å². The average molecular weight is 347 g/mol. The topological polar surface area (TPSA) is 138 Å². The Balaban J connectivity index is 0. The third-order valence-electron chi connectivity index (χ3n) is 2.46. The Hall–Kier alpha value is -1.96. The zero-order chi connectivity index (χ0) is 15.1. The molecule has 0 aliphatic rings. The van der Waals surface area contributed by atoms with Gasteiger partial charge in [0.05, 0.1) is 24.0 Å². The summed E-state index contributed by atoms with van der Waals surface area (Å²) in [6.45, 7) is 3.53. The van der Waals surface area contributed by atoms with E-state index < -0.39 is 22.4 Å². The number of hydrogen-bond acceptors (Lipinski definition) is 6. The first-order chi connectivity index (χ1) is 9.51. The van der Waals surface area contributed by atoms with Crippen LogP contribution in [0.1, 0.15) is 25.4 Å². The Kier molecular flexibility index (Phi) is 10.9. The van der Waals surface area contributed by atoms with Gasteiger partial charge in [0.2, 0.25) is 0 Å². The van der Waals surface area contributed by atoms with Crippen molar-refractivity contribution in [3.8, 4) is 11.5 Å². The SMILES string of the molecule is CCc1occc(=O)c1[O-].CCc1occc(=O)c1[O-].O.[V+2]. The van der Waals surface area contributed by atoms with Gasteiger partial charge in [0.25, 0.3) is 0 Å². The molecule has 0 spiro atoms. The molecule has 0 aromatic carbocycles. The van der Waals surface area contributed by atoms with Crippen LogP contribution >= 0.6 is 0 Å². The van der Waals surface area contributed by atoms with Crippen molar-refractivity contribution in [3.05, 3.63) is 56.6 Å². The summed E-state index contributed by atoms with van der Waals surface area (Å²) in [6.07, 6.45) is 3.41. The summed E-state index contributed by atoms with van der Waals surface area (Å²) >= 11 is 0. The van der Waals surface area contributed by atoms with Crippen LogP contribution < -0.4 is 21.1 Å². The van der Waals surface area contributed by atoms with Gasteiger partial charge in [-0.25, -0.2) is 0 Å². The summed E-state index contributed by atoms with van der Waals surface area (Å²) in [5.74, 6) is -0.588. The van der Waals surface area contributed by atoms with Crippen molar-refractivity contribution in [2.45, 2.75) is 26.7 Å². The van der Waals surface area contributed by atoms with E-state index in [9.17, 15) is 19.8 Å². The van der Waals surface area contributed by atoms with Gasteiger partial charge in [-0.05, 0) is 11.5 Å². The molecule has 0 amide bonds. The minimum absolute atomic E-state index is 0. The Morgan fingerprint density at radius 1 is 0.864 bits per heavy atom. The average Bonchev–Trinajstić information content (AvgIpc) is 2.45. The molecule has 0 aliphatic heterocycles. The molecule has 0 saturated heterocycles. The first kappa shape index (κ1) is 22.3. The molecule has 7 nitrogen and oxygen atoms in total. The fraction of sp³-hybridized carbons (Fsp3) is 0.286. The maximum Gasteiger partial charge on any atom is 2.00 e. The van der Waals surface area contributed by atoms with Crippen molar-refractivity contribution in [2.75, 3.05) is 0 Å². The largest absolute Gasteiger partial charge is 2.00 e. The molecule has 0 aliphatic carbocycles. The van der Waals surface area contributed by atoms with Crippen LogP contribution in [-0.4, -0.2) is 5.48 Å². The minimum Gasteiger partial charge on any atom is -0.868 e. The van der Waals surface area contributed by atoms with E-state index in [0.29, 0.717) is 12.8 Å². The summed E-state index contributed by atoms with van der Waals surface area (Å²) in [5, 5.41) is 21.6. The predicted octanol–water partition coefficient (Wildman–Crippen LogP) is -0.276. The summed E-state index contributed by atoms with van der Waals surface area (Å²) in [4.78, 5) is 21.3. The van der Waals surface area contributed by atoms with Crippen LogP contribution in [0.15, 0.2) is 43.1 Å². The summed E-state index contributed by atoms with van der Waals surface area (Å²) in [6, 6.07) is 2.25. The van der Waals surface area contributed by atoms with E-state index >= 15 is 0 Å². The molecule has 1 radical (unpaired) electrons. The number of rotatable bonds is 2. The van der Waals surface area contributed by atoms with Crippen molar-refractivity contribution >= 4 is 0 Å². The van der Waals surface area contributed by atoms with Crippen LogP contribution in [0.3, 0.4) is 0 Å². The number of aryl methyl sites for hydroxylation is 2. The molecule has 2 aromatic rings. The standard InChI is InChI=1S/2C7H8O3.H2O.V/c2*1-2-6-7(9)5(8)3-4-10-6;;/h2*3-4,9H,2H2,1H3;1H2;/q;;;+2/p-2. The molecule has 8 heteroatoms. The van der Waals surface area contributed by atoms with E-state index in [0.717, 1.165) is 12.1 Å². The smallest absolute Gasteiger partial charge is 0.868 e. The van der Waals surface area contributed by atoms with Crippen molar-refractivity contribution < 1.29 is 43.1 Å². The molecule has 119 valence electrons. The van der Waals surface area contributed by atoms with Crippen molar-refractivity contribution in [1.29, 1.82) is 0 Å². The van der Waals surface area contributed by atoms with Crippen molar-refractivity contribution in [2.24, 2.45) is 0 Å². The van der Waals surface area contributed by atoms with Crippen molar-refractivity contribution in [1.82, 2.24) is 0 Å². The molecule has 2 rings (SSSR count). The van der Waals surface area contributed by atoms with Gasteiger partial charge in [-0.1, -0.05) is 13.8 Å². The predicted molar refractivity (Wildman–Crippen MR) is 71.2 cm³/mol. The Morgan fingerprint density at radius 2 is 1.18 bits per heavy atom. The molecule has 0 bridgehead atoms. The number of hydrogen-bond donors (Lipinski definition) is 0. The van der Waals surface area contributed by atoms with Crippen molar-refractivity contribution in [3.63, 3.8) is 0 Å². The first-order valence-corrected chi connectivity index (χ1v) is 6.06.